The van der Waals surface area contributed by atoms with Gasteiger partial charge in [-0.05, 0) is 12.8 Å². The highest BCUT2D eigenvalue weighted by Gasteiger charge is 2.37. The lowest BCUT2D eigenvalue weighted by atomic mass is 9.87. The molecule has 0 saturated heterocycles. The van der Waals surface area contributed by atoms with Gasteiger partial charge in [0.2, 0.25) is 6.79 Å². The van der Waals surface area contributed by atoms with Crippen molar-refractivity contribution in [3.63, 3.8) is 0 Å². The second kappa shape index (κ2) is 4.44. The van der Waals surface area contributed by atoms with Crippen molar-refractivity contribution >= 4 is 0 Å². The maximum absolute atomic E-state index is 6.51. The Morgan fingerprint density at radius 1 is 1.22 bits per heavy atom. The zero-order chi connectivity index (χ0) is 12.6. The predicted molar refractivity (Wildman–Crippen MR) is 67.6 cm³/mol. The average Bonchev–Trinajstić information content (AvgIpc) is 2.99. The Kier molecular flexibility index (Phi) is 2.92. The minimum absolute atomic E-state index is 0.247. The lowest BCUT2D eigenvalue weighted by Gasteiger charge is -2.25. The van der Waals surface area contributed by atoms with Crippen LogP contribution in [-0.2, 0) is 16.9 Å². The van der Waals surface area contributed by atoms with E-state index in [1.54, 1.807) is 7.11 Å². The van der Waals surface area contributed by atoms with Crippen LogP contribution in [0.15, 0.2) is 12.1 Å². The van der Waals surface area contributed by atoms with Gasteiger partial charge in [-0.3, -0.25) is 0 Å². The van der Waals surface area contributed by atoms with Crippen molar-refractivity contribution in [1.29, 1.82) is 0 Å². The van der Waals surface area contributed by atoms with Crippen LogP contribution < -0.4 is 15.2 Å². The van der Waals surface area contributed by atoms with Gasteiger partial charge in [-0.25, -0.2) is 0 Å². The third-order valence-electron chi connectivity index (χ3n) is 3.93. The van der Waals surface area contributed by atoms with Crippen LogP contribution in [0.5, 0.6) is 11.5 Å². The van der Waals surface area contributed by atoms with Gasteiger partial charge in [0.25, 0.3) is 0 Å². The van der Waals surface area contributed by atoms with Crippen molar-refractivity contribution in [2.75, 3.05) is 13.9 Å². The fourth-order valence-corrected chi connectivity index (χ4v) is 2.99. The molecule has 1 heterocycles. The minimum Gasteiger partial charge on any atom is -0.453 e. The highest BCUT2D eigenvalue weighted by atomic mass is 16.7. The number of benzene rings is 1. The maximum Gasteiger partial charge on any atom is 0.231 e. The first-order valence-electron chi connectivity index (χ1n) is 6.44. The van der Waals surface area contributed by atoms with E-state index in [9.17, 15) is 0 Å². The van der Waals surface area contributed by atoms with Crippen LogP contribution >= 0.6 is 0 Å². The van der Waals surface area contributed by atoms with E-state index in [1.165, 1.54) is 12.8 Å². The zero-order valence-corrected chi connectivity index (χ0v) is 10.7. The molecule has 3 rings (SSSR count). The summed E-state index contributed by atoms with van der Waals surface area (Å²) in [6.45, 7) is 0.808. The van der Waals surface area contributed by atoms with Gasteiger partial charge in [0.15, 0.2) is 11.5 Å². The van der Waals surface area contributed by atoms with Crippen LogP contribution in [-0.4, -0.2) is 13.9 Å². The normalized spacial score (nSPS) is 20.3. The van der Waals surface area contributed by atoms with E-state index in [1.807, 2.05) is 6.07 Å². The smallest absolute Gasteiger partial charge is 0.231 e. The third-order valence-corrected chi connectivity index (χ3v) is 3.93. The predicted octanol–water partition coefficient (Wildman–Crippen LogP) is 2.29. The fourth-order valence-electron chi connectivity index (χ4n) is 2.99. The first kappa shape index (κ1) is 11.8. The summed E-state index contributed by atoms with van der Waals surface area (Å²) in [5.41, 5.74) is 8.38. The number of fused-ring (bicyclic) bond motifs is 1. The fraction of sp³-hybridized carbons (Fsp3) is 0.571. The molecule has 0 unspecified atom stereocenters. The average molecular weight is 249 g/mol. The Morgan fingerprint density at radius 2 is 1.94 bits per heavy atom. The Bertz CT molecular complexity index is 453. The molecular weight excluding hydrogens is 230 g/mol. The second-order valence-corrected chi connectivity index (χ2v) is 5.13. The van der Waals surface area contributed by atoms with E-state index in [0.717, 1.165) is 35.5 Å². The molecule has 0 aromatic heterocycles. The third kappa shape index (κ3) is 1.76. The van der Waals surface area contributed by atoms with Crippen molar-refractivity contribution in [2.24, 2.45) is 5.73 Å². The van der Waals surface area contributed by atoms with Crippen LogP contribution in [0.1, 0.15) is 36.8 Å². The summed E-state index contributed by atoms with van der Waals surface area (Å²) in [4.78, 5) is 0. The topological polar surface area (TPSA) is 53.7 Å². The summed E-state index contributed by atoms with van der Waals surface area (Å²) in [5.74, 6) is 1.64. The lowest BCUT2D eigenvalue weighted by Crippen LogP contribution is -2.33. The summed E-state index contributed by atoms with van der Waals surface area (Å²) in [7, 11) is 1.68. The number of ether oxygens (including phenoxy) is 3. The molecule has 1 saturated carbocycles. The summed E-state index contributed by atoms with van der Waals surface area (Å²) in [5, 5.41) is 0. The van der Waals surface area contributed by atoms with Crippen LogP contribution in [0.4, 0.5) is 0 Å². The number of methoxy groups -OCH3 is 1. The number of rotatable bonds is 3. The van der Waals surface area contributed by atoms with Gasteiger partial charge in [0, 0.05) is 23.8 Å². The molecule has 1 aromatic carbocycles. The van der Waals surface area contributed by atoms with E-state index < -0.39 is 0 Å². The summed E-state index contributed by atoms with van der Waals surface area (Å²) < 4.78 is 16.4. The number of hydrogen-bond acceptors (Lipinski definition) is 4. The molecule has 18 heavy (non-hydrogen) atoms. The minimum atomic E-state index is -0.247. The molecule has 0 bridgehead atoms. The molecule has 0 amide bonds. The highest BCUT2D eigenvalue weighted by molar-refractivity contribution is 5.55. The van der Waals surface area contributed by atoms with E-state index >= 15 is 0 Å². The SMILES string of the molecule is COCc1ccc(C2(N)CCCC2)c2c1OCO2. The molecule has 1 aliphatic heterocycles. The van der Waals surface area contributed by atoms with Gasteiger partial charge in [0.05, 0.1) is 6.61 Å². The molecule has 0 atom stereocenters. The van der Waals surface area contributed by atoms with E-state index in [2.05, 4.69) is 6.07 Å². The summed E-state index contributed by atoms with van der Waals surface area (Å²) in [6.07, 6.45) is 4.41. The molecule has 4 heteroatoms. The van der Waals surface area contributed by atoms with E-state index in [4.69, 9.17) is 19.9 Å². The van der Waals surface area contributed by atoms with Crippen LogP contribution in [0.25, 0.3) is 0 Å². The van der Waals surface area contributed by atoms with Crippen molar-refractivity contribution in [3.8, 4) is 11.5 Å². The van der Waals surface area contributed by atoms with Crippen molar-refractivity contribution in [2.45, 2.75) is 37.8 Å². The molecule has 98 valence electrons. The molecule has 0 spiro atoms. The summed E-state index contributed by atoms with van der Waals surface area (Å²) >= 11 is 0. The van der Waals surface area contributed by atoms with Crippen molar-refractivity contribution in [3.05, 3.63) is 23.3 Å². The molecule has 1 fully saturated rings. The quantitative estimate of drug-likeness (QED) is 0.893. The number of nitrogens with two attached hydrogens (primary N) is 1. The molecule has 2 N–H and O–H groups in total. The summed E-state index contributed by atoms with van der Waals surface area (Å²) in [6, 6.07) is 4.12. The Balaban J connectivity index is 2.04. The standard InChI is InChI=1S/C14H19NO3/c1-16-8-10-4-5-11(13-12(10)17-9-18-13)14(15)6-2-3-7-14/h4-5H,2-3,6-9,15H2,1H3. The van der Waals surface area contributed by atoms with Gasteiger partial charge < -0.3 is 19.9 Å². The lowest BCUT2D eigenvalue weighted by molar-refractivity contribution is 0.162. The van der Waals surface area contributed by atoms with E-state index in [0.29, 0.717) is 6.61 Å². The Morgan fingerprint density at radius 3 is 2.67 bits per heavy atom. The van der Waals surface area contributed by atoms with Gasteiger partial charge in [-0.2, -0.15) is 0 Å². The second-order valence-electron chi connectivity index (χ2n) is 5.13. The van der Waals surface area contributed by atoms with Gasteiger partial charge in [-0.1, -0.05) is 25.0 Å². The Labute approximate surface area is 107 Å². The van der Waals surface area contributed by atoms with Gasteiger partial charge in [0.1, 0.15) is 0 Å². The number of hydrogen-bond donors (Lipinski definition) is 1. The van der Waals surface area contributed by atoms with Gasteiger partial charge in [-0.15, -0.1) is 0 Å². The van der Waals surface area contributed by atoms with Crippen molar-refractivity contribution in [1.82, 2.24) is 0 Å². The largest absolute Gasteiger partial charge is 0.453 e. The first-order chi connectivity index (χ1) is 8.74. The first-order valence-corrected chi connectivity index (χ1v) is 6.44. The zero-order valence-electron chi connectivity index (χ0n) is 10.7. The monoisotopic (exact) mass is 249 g/mol. The Hall–Kier alpha value is -1.26. The molecule has 2 aliphatic rings. The molecular formula is C14H19NO3. The van der Waals surface area contributed by atoms with E-state index in [-0.39, 0.29) is 12.3 Å². The molecule has 0 radical (unpaired) electrons. The molecule has 1 aliphatic carbocycles. The van der Waals surface area contributed by atoms with Gasteiger partial charge >= 0.3 is 0 Å². The molecule has 4 nitrogen and oxygen atoms in total. The van der Waals surface area contributed by atoms with Crippen LogP contribution in [0.2, 0.25) is 0 Å². The van der Waals surface area contributed by atoms with Crippen LogP contribution in [0.3, 0.4) is 0 Å². The molecule has 1 aromatic rings. The van der Waals surface area contributed by atoms with Crippen molar-refractivity contribution < 1.29 is 14.2 Å². The highest BCUT2D eigenvalue weighted by Crippen LogP contribution is 2.47. The maximum atomic E-state index is 6.51. The van der Waals surface area contributed by atoms with Crippen LogP contribution in [0, 0.1) is 0 Å².